The monoisotopic (exact) mass is 312 g/mol. The van der Waals surface area contributed by atoms with Gasteiger partial charge in [0.1, 0.15) is 0 Å². The van der Waals surface area contributed by atoms with Crippen molar-refractivity contribution in [3.8, 4) is 0 Å². The molecule has 0 spiro atoms. The van der Waals surface area contributed by atoms with Crippen LogP contribution in [0.25, 0.3) is 0 Å². The summed E-state index contributed by atoms with van der Waals surface area (Å²) in [7, 11) is 0. The Kier molecular flexibility index (Phi) is 4.76. The second-order valence-electron chi connectivity index (χ2n) is 6.06. The smallest absolute Gasteiger partial charge is 0.257 e. The summed E-state index contributed by atoms with van der Waals surface area (Å²) in [5.74, 6) is 0.0901. The van der Waals surface area contributed by atoms with Gasteiger partial charge in [-0.2, -0.15) is 5.10 Å². The number of rotatable bonds is 4. The standard InChI is InChI=1S/C18H24N4O/c1-3-10-22-12-16(14(2)20-22)18(23)21-11-9-19-17(13-21)15-7-5-4-6-8-15/h4-8,12,17,19H,3,9-11,13H2,1-2H3/t17-/m1/s1. The van der Waals surface area contributed by atoms with Gasteiger partial charge < -0.3 is 10.2 Å². The van der Waals surface area contributed by atoms with E-state index in [0.29, 0.717) is 6.54 Å². The van der Waals surface area contributed by atoms with Crippen molar-refractivity contribution < 1.29 is 4.79 Å². The van der Waals surface area contributed by atoms with Gasteiger partial charge in [0.15, 0.2) is 0 Å². The highest BCUT2D eigenvalue weighted by Crippen LogP contribution is 2.19. The van der Waals surface area contributed by atoms with Crippen LogP contribution < -0.4 is 5.32 Å². The van der Waals surface area contributed by atoms with Gasteiger partial charge in [0.2, 0.25) is 0 Å². The Morgan fingerprint density at radius 3 is 2.87 bits per heavy atom. The van der Waals surface area contributed by atoms with Gasteiger partial charge in [-0.3, -0.25) is 9.48 Å². The zero-order valence-corrected chi connectivity index (χ0v) is 13.8. The number of carbonyl (C=O) groups is 1. The van der Waals surface area contributed by atoms with Gasteiger partial charge in [0.05, 0.1) is 11.3 Å². The van der Waals surface area contributed by atoms with E-state index in [2.05, 4.69) is 29.5 Å². The number of piperazine rings is 1. The maximum Gasteiger partial charge on any atom is 0.257 e. The van der Waals surface area contributed by atoms with Crippen LogP contribution in [-0.2, 0) is 6.54 Å². The van der Waals surface area contributed by atoms with Crippen LogP contribution in [0.5, 0.6) is 0 Å². The first kappa shape index (κ1) is 15.7. The Morgan fingerprint density at radius 1 is 1.35 bits per heavy atom. The average Bonchev–Trinajstić information content (AvgIpc) is 2.96. The molecule has 3 rings (SSSR count). The first-order valence-electron chi connectivity index (χ1n) is 8.30. The summed E-state index contributed by atoms with van der Waals surface area (Å²) in [5, 5.41) is 7.94. The van der Waals surface area contributed by atoms with Crippen LogP contribution in [-0.4, -0.2) is 40.2 Å². The first-order valence-corrected chi connectivity index (χ1v) is 8.30. The molecular formula is C18H24N4O. The lowest BCUT2D eigenvalue weighted by molar-refractivity contribution is 0.0702. The van der Waals surface area contributed by atoms with E-state index in [4.69, 9.17) is 0 Å². The number of aromatic nitrogens is 2. The fraction of sp³-hybridized carbons (Fsp3) is 0.444. The third-order valence-electron chi connectivity index (χ3n) is 4.29. The van der Waals surface area contributed by atoms with Gasteiger partial charge >= 0.3 is 0 Å². The molecule has 1 amide bonds. The molecule has 5 heteroatoms. The molecule has 1 aliphatic rings. The molecule has 5 nitrogen and oxygen atoms in total. The Morgan fingerprint density at radius 2 is 2.13 bits per heavy atom. The molecule has 0 radical (unpaired) electrons. The van der Waals surface area contributed by atoms with Crippen LogP contribution in [0, 0.1) is 6.92 Å². The lowest BCUT2D eigenvalue weighted by atomic mass is 10.0. The Hall–Kier alpha value is -2.14. The van der Waals surface area contributed by atoms with E-state index < -0.39 is 0 Å². The van der Waals surface area contributed by atoms with Crippen molar-refractivity contribution in [1.29, 1.82) is 0 Å². The Bertz CT molecular complexity index is 665. The number of hydrogen-bond acceptors (Lipinski definition) is 3. The van der Waals surface area contributed by atoms with Gasteiger partial charge in [-0.1, -0.05) is 37.3 Å². The molecule has 1 atom stereocenters. The number of hydrogen-bond donors (Lipinski definition) is 1. The van der Waals surface area contributed by atoms with E-state index in [1.54, 1.807) is 0 Å². The maximum absolute atomic E-state index is 12.9. The van der Waals surface area contributed by atoms with Gasteiger partial charge in [-0.05, 0) is 18.9 Å². The lowest BCUT2D eigenvalue weighted by Gasteiger charge is -2.34. The Balaban J connectivity index is 1.74. The minimum atomic E-state index is 0.0901. The van der Waals surface area contributed by atoms with Crippen molar-refractivity contribution in [2.45, 2.75) is 32.9 Å². The molecule has 0 bridgehead atoms. The third-order valence-corrected chi connectivity index (χ3v) is 4.29. The minimum Gasteiger partial charge on any atom is -0.335 e. The van der Waals surface area contributed by atoms with Crippen LogP contribution in [0.2, 0.25) is 0 Å². The molecule has 1 N–H and O–H groups in total. The summed E-state index contributed by atoms with van der Waals surface area (Å²) < 4.78 is 1.87. The SMILES string of the molecule is CCCn1cc(C(=O)N2CCN[C@@H](c3ccccc3)C2)c(C)n1. The molecule has 122 valence electrons. The summed E-state index contributed by atoms with van der Waals surface area (Å²) in [4.78, 5) is 14.8. The second kappa shape index (κ2) is 6.96. The fourth-order valence-electron chi connectivity index (χ4n) is 3.08. The zero-order valence-electron chi connectivity index (χ0n) is 13.8. The van der Waals surface area contributed by atoms with Gasteiger partial charge in [0.25, 0.3) is 5.91 Å². The molecule has 1 aromatic heterocycles. The maximum atomic E-state index is 12.9. The van der Waals surface area contributed by atoms with Crippen molar-refractivity contribution in [2.24, 2.45) is 0 Å². The van der Waals surface area contributed by atoms with Crippen LogP contribution in [0.3, 0.4) is 0 Å². The van der Waals surface area contributed by atoms with E-state index in [0.717, 1.165) is 37.3 Å². The van der Waals surface area contributed by atoms with Crippen molar-refractivity contribution in [3.05, 3.63) is 53.3 Å². The molecule has 1 aromatic carbocycles. The van der Waals surface area contributed by atoms with Gasteiger partial charge in [0, 0.05) is 38.4 Å². The molecule has 1 saturated heterocycles. The number of aryl methyl sites for hydroxylation is 2. The summed E-state index contributed by atoms with van der Waals surface area (Å²) in [6.07, 6.45) is 2.90. The average molecular weight is 312 g/mol. The number of nitrogens with one attached hydrogen (secondary N) is 1. The molecule has 2 aromatic rings. The molecule has 0 aliphatic carbocycles. The van der Waals surface area contributed by atoms with E-state index in [1.807, 2.05) is 40.9 Å². The predicted octanol–water partition coefficient (Wildman–Crippen LogP) is 2.39. The largest absolute Gasteiger partial charge is 0.335 e. The fourth-order valence-corrected chi connectivity index (χ4v) is 3.08. The van der Waals surface area contributed by atoms with E-state index in [-0.39, 0.29) is 11.9 Å². The number of carbonyl (C=O) groups excluding carboxylic acids is 1. The topological polar surface area (TPSA) is 50.2 Å². The summed E-state index contributed by atoms with van der Waals surface area (Å²) in [5.41, 5.74) is 2.77. The molecule has 23 heavy (non-hydrogen) atoms. The van der Waals surface area contributed by atoms with Crippen LogP contribution in [0.1, 0.15) is 41.0 Å². The molecule has 1 fully saturated rings. The van der Waals surface area contributed by atoms with Gasteiger partial charge in [-0.15, -0.1) is 0 Å². The van der Waals surface area contributed by atoms with Crippen LogP contribution in [0.4, 0.5) is 0 Å². The zero-order chi connectivity index (χ0) is 16.2. The van der Waals surface area contributed by atoms with E-state index >= 15 is 0 Å². The van der Waals surface area contributed by atoms with Crippen molar-refractivity contribution in [2.75, 3.05) is 19.6 Å². The first-order chi connectivity index (χ1) is 11.2. The van der Waals surface area contributed by atoms with Crippen molar-refractivity contribution in [3.63, 3.8) is 0 Å². The summed E-state index contributed by atoms with van der Waals surface area (Å²) in [6.45, 7) is 7.12. The van der Waals surface area contributed by atoms with Crippen molar-refractivity contribution in [1.82, 2.24) is 20.0 Å². The van der Waals surface area contributed by atoms with E-state index in [9.17, 15) is 4.79 Å². The molecule has 1 aliphatic heterocycles. The highest BCUT2D eigenvalue weighted by atomic mass is 16.2. The number of benzene rings is 1. The summed E-state index contributed by atoms with van der Waals surface area (Å²) in [6, 6.07) is 10.5. The minimum absolute atomic E-state index is 0.0901. The van der Waals surface area contributed by atoms with E-state index in [1.165, 1.54) is 5.56 Å². The second-order valence-corrected chi connectivity index (χ2v) is 6.06. The predicted molar refractivity (Wildman–Crippen MR) is 90.3 cm³/mol. The normalized spacial score (nSPS) is 18.2. The molecule has 0 unspecified atom stereocenters. The molecular weight excluding hydrogens is 288 g/mol. The highest BCUT2D eigenvalue weighted by Gasteiger charge is 2.26. The number of amides is 1. The van der Waals surface area contributed by atoms with Crippen molar-refractivity contribution >= 4 is 5.91 Å². The van der Waals surface area contributed by atoms with Crippen LogP contribution >= 0.6 is 0 Å². The third kappa shape index (κ3) is 3.45. The Labute approximate surface area is 137 Å². The highest BCUT2D eigenvalue weighted by molar-refractivity contribution is 5.95. The molecule has 2 heterocycles. The number of nitrogens with zero attached hydrogens (tertiary/aromatic N) is 3. The lowest BCUT2D eigenvalue weighted by Crippen LogP contribution is -2.48. The summed E-state index contributed by atoms with van der Waals surface area (Å²) >= 11 is 0. The van der Waals surface area contributed by atoms with Crippen LogP contribution in [0.15, 0.2) is 36.5 Å². The quantitative estimate of drug-likeness (QED) is 0.943. The molecule has 0 saturated carbocycles. The van der Waals surface area contributed by atoms with Gasteiger partial charge in [-0.25, -0.2) is 0 Å².